The van der Waals surface area contributed by atoms with Crippen molar-refractivity contribution in [3.63, 3.8) is 0 Å². The average molecular weight is 408 g/mol. The van der Waals surface area contributed by atoms with Gasteiger partial charge in [-0.25, -0.2) is 0 Å². The van der Waals surface area contributed by atoms with E-state index in [4.69, 9.17) is 33.2 Å². The second kappa shape index (κ2) is 7.80. The second-order valence-electron chi connectivity index (χ2n) is 9.03. The van der Waals surface area contributed by atoms with Gasteiger partial charge in [0.05, 0.1) is 19.3 Å². The topological polar surface area (TPSA) is 64.6 Å². The van der Waals surface area contributed by atoms with Crippen LogP contribution in [0.2, 0.25) is 0 Å². The van der Waals surface area contributed by atoms with E-state index < -0.39 is 17.9 Å². The molecule has 0 amide bonds. The predicted octanol–water partition coefficient (Wildman–Crippen LogP) is 3.39. The third-order valence-corrected chi connectivity index (χ3v) is 5.10. The van der Waals surface area contributed by atoms with Gasteiger partial charge in [0.2, 0.25) is 0 Å². The molecular formula is C22H32O7. The van der Waals surface area contributed by atoms with Gasteiger partial charge >= 0.3 is 0 Å². The summed E-state index contributed by atoms with van der Waals surface area (Å²) in [5.74, 6) is -0.562. The maximum Gasteiger partial charge on any atom is 0.190 e. The molecule has 0 bridgehead atoms. The highest BCUT2D eigenvalue weighted by Crippen LogP contribution is 2.44. The lowest BCUT2D eigenvalue weighted by Gasteiger charge is -2.37. The summed E-state index contributed by atoms with van der Waals surface area (Å²) in [5.41, 5.74) is 1.07. The summed E-state index contributed by atoms with van der Waals surface area (Å²) in [6.45, 7) is 12.4. The van der Waals surface area contributed by atoms with Crippen LogP contribution in [0.5, 0.6) is 5.75 Å². The monoisotopic (exact) mass is 408 g/mol. The summed E-state index contributed by atoms with van der Waals surface area (Å²) >= 11 is 0. The fourth-order valence-corrected chi connectivity index (χ4v) is 4.06. The summed E-state index contributed by atoms with van der Waals surface area (Å²) in [6.07, 6.45) is -1.49. The van der Waals surface area contributed by atoms with E-state index in [1.807, 2.05) is 65.8 Å². The number of rotatable bonds is 6. The Labute approximate surface area is 172 Å². The summed E-state index contributed by atoms with van der Waals surface area (Å²) in [6, 6.07) is 7.93. The molecule has 1 aromatic rings. The van der Waals surface area contributed by atoms with Gasteiger partial charge in [-0.15, -0.1) is 0 Å². The smallest absolute Gasteiger partial charge is 0.190 e. The van der Waals surface area contributed by atoms with Gasteiger partial charge in [-0.2, -0.15) is 0 Å². The quantitative estimate of drug-likeness (QED) is 0.715. The first-order valence-electron chi connectivity index (χ1n) is 10.3. The van der Waals surface area contributed by atoms with Crippen LogP contribution in [0.15, 0.2) is 24.3 Å². The Morgan fingerprint density at radius 2 is 1.48 bits per heavy atom. The highest BCUT2D eigenvalue weighted by atomic mass is 16.9. The molecule has 0 radical (unpaired) electrons. The second-order valence-corrected chi connectivity index (χ2v) is 9.03. The lowest BCUT2D eigenvalue weighted by Crippen LogP contribution is -2.56. The van der Waals surface area contributed by atoms with Crippen molar-refractivity contribution in [3.05, 3.63) is 29.8 Å². The van der Waals surface area contributed by atoms with Crippen molar-refractivity contribution in [2.24, 2.45) is 0 Å². The Balaban J connectivity index is 1.37. The van der Waals surface area contributed by atoms with Crippen LogP contribution in [-0.4, -0.2) is 55.0 Å². The predicted molar refractivity (Wildman–Crippen MR) is 104 cm³/mol. The van der Waals surface area contributed by atoms with Crippen molar-refractivity contribution in [1.29, 1.82) is 0 Å². The zero-order valence-electron chi connectivity index (χ0n) is 18.0. The molecule has 3 aliphatic heterocycles. The SMILES string of the molecule is CC(C)Oc1ccc(COC[C@H]2O[C@@H]3OC(C)(C)O[C@@H]3[C@H]3OC(C)(C)O[C@H]32)cc1. The van der Waals surface area contributed by atoms with Crippen molar-refractivity contribution in [2.75, 3.05) is 6.61 Å². The highest BCUT2D eigenvalue weighted by molar-refractivity contribution is 5.27. The Bertz CT molecular complexity index is 700. The van der Waals surface area contributed by atoms with Gasteiger partial charge in [-0.3, -0.25) is 0 Å². The molecule has 3 aliphatic rings. The molecule has 3 heterocycles. The van der Waals surface area contributed by atoms with Crippen molar-refractivity contribution >= 4 is 0 Å². The molecule has 0 saturated carbocycles. The van der Waals surface area contributed by atoms with E-state index in [0.717, 1.165) is 11.3 Å². The summed E-state index contributed by atoms with van der Waals surface area (Å²) in [5, 5.41) is 0. The molecule has 3 fully saturated rings. The first kappa shape index (κ1) is 21.0. The molecule has 0 aromatic heterocycles. The van der Waals surface area contributed by atoms with Crippen LogP contribution in [0.25, 0.3) is 0 Å². The molecule has 29 heavy (non-hydrogen) atoms. The molecule has 7 nitrogen and oxygen atoms in total. The Hall–Kier alpha value is -1.22. The minimum absolute atomic E-state index is 0.155. The lowest BCUT2D eigenvalue weighted by molar-refractivity contribution is -0.243. The zero-order chi connectivity index (χ0) is 20.8. The van der Waals surface area contributed by atoms with Crippen LogP contribution < -0.4 is 4.74 Å². The van der Waals surface area contributed by atoms with E-state index >= 15 is 0 Å². The normalized spacial score (nSPS) is 34.8. The number of benzene rings is 1. The van der Waals surface area contributed by atoms with Crippen LogP contribution >= 0.6 is 0 Å². The molecule has 3 saturated heterocycles. The van der Waals surface area contributed by atoms with Crippen molar-refractivity contribution < 1.29 is 33.2 Å². The van der Waals surface area contributed by atoms with Gasteiger partial charge in [0.25, 0.3) is 0 Å². The number of ether oxygens (including phenoxy) is 7. The minimum Gasteiger partial charge on any atom is -0.491 e. The Kier molecular flexibility index (Phi) is 5.65. The summed E-state index contributed by atoms with van der Waals surface area (Å²) < 4.78 is 42.0. The van der Waals surface area contributed by atoms with E-state index in [-0.39, 0.29) is 30.5 Å². The average Bonchev–Trinajstić information content (AvgIpc) is 3.10. The van der Waals surface area contributed by atoms with Gasteiger partial charge in [0.15, 0.2) is 17.9 Å². The van der Waals surface area contributed by atoms with E-state index in [1.54, 1.807) is 0 Å². The zero-order valence-corrected chi connectivity index (χ0v) is 18.0. The van der Waals surface area contributed by atoms with Gasteiger partial charge < -0.3 is 33.2 Å². The molecule has 5 atom stereocenters. The van der Waals surface area contributed by atoms with Crippen molar-refractivity contribution in [2.45, 2.75) is 96.5 Å². The Morgan fingerprint density at radius 3 is 2.17 bits per heavy atom. The number of hydrogen-bond donors (Lipinski definition) is 0. The molecule has 7 heteroatoms. The third-order valence-electron chi connectivity index (χ3n) is 5.10. The molecule has 0 unspecified atom stereocenters. The highest BCUT2D eigenvalue weighted by Gasteiger charge is 2.60. The molecular weight excluding hydrogens is 376 g/mol. The molecule has 0 aliphatic carbocycles. The van der Waals surface area contributed by atoms with E-state index in [0.29, 0.717) is 13.2 Å². The third kappa shape index (κ3) is 4.76. The molecule has 4 rings (SSSR count). The fraction of sp³-hybridized carbons (Fsp3) is 0.727. The fourth-order valence-electron chi connectivity index (χ4n) is 4.06. The Morgan fingerprint density at radius 1 is 0.862 bits per heavy atom. The maximum absolute atomic E-state index is 6.16. The number of hydrogen-bond acceptors (Lipinski definition) is 7. The largest absolute Gasteiger partial charge is 0.491 e. The summed E-state index contributed by atoms with van der Waals surface area (Å²) in [7, 11) is 0. The van der Waals surface area contributed by atoms with Gasteiger partial charge in [0, 0.05) is 0 Å². The molecule has 1 aromatic carbocycles. The lowest BCUT2D eigenvalue weighted by atomic mass is 9.99. The molecule has 0 N–H and O–H groups in total. The maximum atomic E-state index is 6.16. The van der Waals surface area contributed by atoms with Crippen LogP contribution in [0.3, 0.4) is 0 Å². The van der Waals surface area contributed by atoms with Crippen molar-refractivity contribution in [3.8, 4) is 5.75 Å². The van der Waals surface area contributed by atoms with Gasteiger partial charge in [-0.05, 0) is 59.2 Å². The van der Waals surface area contributed by atoms with Crippen LogP contribution in [0, 0.1) is 0 Å². The van der Waals surface area contributed by atoms with Crippen LogP contribution in [0.4, 0.5) is 0 Å². The first-order valence-corrected chi connectivity index (χ1v) is 10.3. The standard InChI is InChI=1S/C22H32O7/c1-13(2)24-15-9-7-14(8-10-15)11-23-12-16-17-18(27-21(3,4)26-17)19-20(25-16)29-22(5,6)28-19/h7-10,13,16-20H,11-12H2,1-6H3/t16-,17+,18+,19-,20-/m1/s1. The van der Waals surface area contributed by atoms with E-state index in [1.165, 1.54) is 0 Å². The molecule has 162 valence electrons. The van der Waals surface area contributed by atoms with Crippen LogP contribution in [0.1, 0.15) is 47.1 Å². The van der Waals surface area contributed by atoms with Gasteiger partial charge in [0.1, 0.15) is 30.2 Å². The van der Waals surface area contributed by atoms with E-state index in [9.17, 15) is 0 Å². The number of fused-ring (bicyclic) bond motifs is 3. The van der Waals surface area contributed by atoms with Crippen LogP contribution in [-0.2, 0) is 35.0 Å². The van der Waals surface area contributed by atoms with Gasteiger partial charge in [-0.1, -0.05) is 12.1 Å². The summed E-state index contributed by atoms with van der Waals surface area (Å²) in [4.78, 5) is 0. The first-order chi connectivity index (χ1) is 13.6. The molecule has 0 spiro atoms. The van der Waals surface area contributed by atoms with E-state index in [2.05, 4.69) is 0 Å². The minimum atomic E-state index is -0.717. The van der Waals surface area contributed by atoms with Crippen molar-refractivity contribution in [1.82, 2.24) is 0 Å².